The van der Waals surface area contributed by atoms with Crippen LogP contribution in [0.25, 0.3) is 0 Å². The lowest BCUT2D eigenvalue weighted by molar-refractivity contribution is -0.137. The number of likely N-dealkylation sites (N-methyl/N-ethyl adjacent to an activating group) is 1. The van der Waals surface area contributed by atoms with Gasteiger partial charge in [0.15, 0.2) is 0 Å². The van der Waals surface area contributed by atoms with E-state index in [0.717, 1.165) is 18.5 Å². The Morgan fingerprint density at radius 3 is 2.78 bits per heavy atom. The number of anilines is 3. The van der Waals surface area contributed by atoms with Crippen LogP contribution in [0, 0.1) is 6.92 Å². The summed E-state index contributed by atoms with van der Waals surface area (Å²) in [6, 6.07) is 6.46. The largest absolute Gasteiger partial charge is 0.418 e. The molecule has 0 radical (unpaired) electrons. The van der Waals surface area contributed by atoms with Crippen molar-refractivity contribution in [2.45, 2.75) is 31.5 Å². The number of aromatic nitrogens is 1. The molecule has 2 aliphatic heterocycles. The molecule has 2 N–H and O–H groups in total. The Bertz CT molecular complexity index is 884. The number of pyridine rings is 1. The van der Waals surface area contributed by atoms with Gasteiger partial charge in [0.05, 0.1) is 22.6 Å². The van der Waals surface area contributed by atoms with Crippen LogP contribution in [-0.4, -0.2) is 31.2 Å². The van der Waals surface area contributed by atoms with E-state index in [1.165, 1.54) is 6.07 Å². The number of hydrogen-bond donors (Lipinski definition) is 2. The molecule has 0 unspecified atom stereocenters. The van der Waals surface area contributed by atoms with E-state index >= 15 is 0 Å². The van der Waals surface area contributed by atoms with Crippen molar-refractivity contribution in [2.75, 3.05) is 30.4 Å². The Morgan fingerprint density at radius 2 is 2.07 bits per heavy atom. The van der Waals surface area contributed by atoms with E-state index in [-0.39, 0.29) is 12.0 Å². The lowest BCUT2D eigenvalue weighted by Crippen LogP contribution is -2.42. The van der Waals surface area contributed by atoms with Crippen LogP contribution in [0.3, 0.4) is 0 Å². The SMILES string of the molecule is Cc1nc(Cl)ccc1Nc1cc2c(c(C(F)(F)F)c1)N(C)[C@H]1CCNC[C@@H]21. The lowest BCUT2D eigenvalue weighted by atomic mass is 9.89. The molecule has 144 valence electrons. The highest BCUT2D eigenvalue weighted by molar-refractivity contribution is 6.29. The molecule has 2 atom stereocenters. The highest BCUT2D eigenvalue weighted by Gasteiger charge is 2.45. The fourth-order valence-corrected chi connectivity index (χ4v) is 4.42. The molecule has 3 heterocycles. The highest BCUT2D eigenvalue weighted by atomic mass is 35.5. The van der Waals surface area contributed by atoms with E-state index in [1.54, 1.807) is 26.1 Å². The predicted molar refractivity (Wildman–Crippen MR) is 101 cm³/mol. The number of alkyl halides is 3. The van der Waals surface area contributed by atoms with Crippen LogP contribution in [0.4, 0.5) is 30.2 Å². The van der Waals surface area contributed by atoms with Gasteiger partial charge in [-0.2, -0.15) is 13.2 Å². The molecule has 0 aliphatic carbocycles. The smallest absolute Gasteiger partial charge is 0.370 e. The number of fused-ring (bicyclic) bond motifs is 3. The first-order chi connectivity index (χ1) is 12.8. The van der Waals surface area contributed by atoms with E-state index in [4.69, 9.17) is 11.6 Å². The number of benzene rings is 1. The van der Waals surface area contributed by atoms with Gasteiger partial charge >= 0.3 is 6.18 Å². The van der Waals surface area contributed by atoms with Crippen LogP contribution < -0.4 is 15.5 Å². The zero-order valence-corrected chi connectivity index (χ0v) is 15.7. The quantitative estimate of drug-likeness (QED) is 0.722. The summed E-state index contributed by atoms with van der Waals surface area (Å²) in [4.78, 5) is 5.96. The van der Waals surface area contributed by atoms with Crippen molar-refractivity contribution in [3.63, 3.8) is 0 Å². The summed E-state index contributed by atoms with van der Waals surface area (Å²) in [7, 11) is 1.77. The second kappa shape index (κ2) is 6.56. The van der Waals surface area contributed by atoms with Gasteiger partial charge in [-0.25, -0.2) is 4.98 Å². The third-order valence-corrected chi connectivity index (χ3v) is 5.68. The molecule has 0 spiro atoms. The molecule has 2 aromatic rings. The average Bonchev–Trinajstić information content (AvgIpc) is 2.89. The van der Waals surface area contributed by atoms with Crippen molar-refractivity contribution in [3.8, 4) is 0 Å². The second-order valence-corrected chi connectivity index (χ2v) is 7.52. The summed E-state index contributed by atoms with van der Waals surface area (Å²) in [5.41, 5.74) is 2.12. The summed E-state index contributed by atoms with van der Waals surface area (Å²) in [6.07, 6.45) is -3.60. The molecular weight excluding hydrogens is 377 g/mol. The number of piperidine rings is 1. The first kappa shape index (κ1) is 18.4. The molecule has 8 heteroatoms. The van der Waals surface area contributed by atoms with Gasteiger partial charge in [0.1, 0.15) is 5.15 Å². The normalized spacial score (nSPS) is 21.8. The van der Waals surface area contributed by atoms with Crippen molar-refractivity contribution in [1.29, 1.82) is 0 Å². The van der Waals surface area contributed by atoms with Crippen molar-refractivity contribution >= 4 is 28.7 Å². The maximum absolute atomic E-state index is 13.8. The minimum atomic E-state index is -4.43. The van der Waals surface area contributed by atoms with Gasteiger partial charge in [-0.15, -0.1) is 0 Å². The van der Waals surface area contributed by atoms with E-state index in [0.29, 0.717) is 34.5 Å². The lowest BCUT2D eigenvalue weighted by Gasteiger charge is -2.31. The molecule has 1 aromatic heterocycles. The number of hydrogen-bond acceptors (Lipinski definition) is 4. The Hall–Kier alpha value is -1.99. The van der Waals surface area contributed by atoms with Gasteiger partial charge in [-0.05, 0) is 49.7 Å². The molecule has 1 aromatic carbocycles. The zero-order chi connectivity index (χ0) is 19.3. The first-order valence-electron chi connectivity index (χ1n) is 8.84. The Labute approximate surface area is 160 Å². The number of nitrogens with zero attached hydrogens (tertiary/aromatic N) is 2. The summed E-state index contributed by atoms with van der Waals surface area (Å²) in [6.45, 7) is 3.27. The summed E-state index contributed by atoms with van der Waals surface area (Å²) in [5.74, 6) is 0.0473. The molecule has 4 nitrogen and oxygen atoms in total. The minimum Gasteiger partial charge on any atom is -0.370 e. The maximum Gasteiger partial charge on any atom is 0.418 e. The molecule has 0 saturated carbocycles. The number of aryl methyl sites for hydroxylation is 1. The summed E-state index contributed by atoms with van der Waals surface area (Å²) in [5, 5.41) is 6.75. The molecule has 1 saturated heterocycles. The van der Waals surface area contributed by atoms with Crippen molar-refractivity contribution < 1.29 is 13.2 Å². The van der Waals surface area contributed by atoms with Gasteiger partial charge in [0, 0.05) is 31.2 Å². The van der Waals surface area contributed by atoms with E-state index in [1.807, 2.05) is 11.0 Å². The molecule has 2 aliphatic rings. The van der Waals surface area contributed by atoms with Gasteiger partial charge < -0.3 is 15.5 Å². The molecule has 4 rings (SSSR count). The van der Waals surface area contributed by atoms with Gasteiger partial charge in [0.2, 0.25) is 0 Å². The molecule has 27 heavy (non-hydrogen) atoms. The van der Waals surface area contributed by atoms with Crippen LogP contribution in [0.5, 0.6) is 0 Å². The number of halogens is 4. The molecular formula is C19H20ClF3N4. The fourth-order valence-electron chi connectivity index (χ4n) is 4.23. The first-order valence-corrected chi connectivity index (χ1v) is 9.22. The van der Waals surface area contributed by atoms with E-state index in [9.17, 15) is 13.2 Å². The van der Waals surface area contributed by atoms with Crippen LogP contribution in [0.2, 0.25) is 5.15 Å². The Kier molecular flexibility index (Phi) is 4.47. The maximum atomic E-state index is 13.8. The van der Waals surface area contributed by atoms with Crippen LogP contribution in [0.15, 0.2) is 24.3 Å². The molecule has 0 amide bonds. The number of nitrogens with one attached hydrogen (secondary N) is 2. The minimum absolute atomic E-state index is 0.0473. The van der Waals surface area contributed by atoms with Crippen LogP contribution in [-0.2, 0) is 6.18 Å². The predicted octanol–water partition coefficient (Wildman–Crippen LogP) is 4.70. The van der Waals surface area contributed by atoms with Gasteiger partial charge in [-0.3, -0.25) is 0 Å². The van der Waals surface area contributed by atoms with Crippen LogP contribution in [0.1, 0.15) is 29.2 Å². The Balaban J connectivity index is 1.81. The fraction of sp³-hybridized carbons (Fsp3) is 0.421. The standard InChI is InChI=1S/C19H20ClF3N4/c1-10-15(3-4-17(20)25-10)26-11-7-12-13-9-24-6-5-16(13)27(2)18(12)14(8-11)19(21,22)23/h3-4,7-8,13,16,24,26H,5-6,9H2,1-2H3/t13-,16-/m0/s1. The third-order valence-electron chi connectivity index (χ3n) is 5.47. The van der Waals surface area contributed by atoms with Crippen molar-refractivity contribution in [2.24, 2.45) is 0 Å². The average molecular weight is 397 g/mol. The highest BCUT2D eigenvalue weighted by Crippen LogP contribution is 2.50. The van der Waals surface area contributed by atoms with Crippen molar-refractivity contribution in [1.82, 2.24) is 10.3 Å². The van der Waals surface area contributed by atoms with Gasteiger partial charge in [-0.1, -0.05) is 11.6 Å². The summed E-state index contributed by atoms with van der Waals surface area (Å²) >= 11 is 5.87. The monoisotopic (exact) mass is 396 g/mol. The zero-order valence-electron chi connectivity index (χ0n) is 15.0. The topological polar surface area (TPSA) is 40.2 Å². The van der Waals surface area contributed by atoms with Gasteiger partial charge in [0.25, 0.3) is 0 Å². The molecule has 0 bridgehead atoms. The summed E-state index contributed by atoms with van der Waals surface area (Å²) < 4.78 is 41.5. The van der Waals surface area contributed by atoms with E-state index < -0.39 is 11.7 Å². The molecule has 1 fully saturated rings. The Morgan fingerprint density at radius 1 is 1.30 bits per heavy atom. The number of rotatable bonds is 2. The van der Waals surface area contributed by atoms with Crippen molar-refractivity contribution in [3.05, 3.63) is 46.2 Å². The van der Waals surface area contributed by atoms with Crippen LogP contribution >= 0.6 is 11.6 Å². The third kappa shape index (κ3) is 3.23. The van der Waals surface area contributed by atoms with E-state index in [2.05, 4.69) is 15.6 Å². The second-order valence-electron chi connectivity index (χ2n) is 7.13.